The van der Waals surface area contributed by atoms with E-state index in [2.05, 4.69) is 22.6 Å². The zero-order chi connectivity index (χ0) is 11.2. The molecule has 0 unspecified atom stereocenters. The van der Waals surface area contributed by atoms with E-state index in [1.165, 1.54) is 0 Å². The van der Waals surface area contributed by atoms with Gasteiger partial charge in [-0.1, -0.05) is 13.2 Å². The van der Waals surface area contributed by atoms with Gasteiger partial charge in [-0.05, 0) is 0 Å². The van der Waals surface area contributed by atoms with Crippen molar-refractivity contribution in [1.82, 2.24) is 9.44 Å². The van der Waals surface area contributed by atoms with Crippen LogP contribution in [0.1, 0.15) is 0 Å². The predicted molar refractivity (Wildman–Crippen MR) is 52.2 cm³/mol. The van der Waals surface area contributed by atoms with Gasteiger partial charge in [0.1, 0.15) is 0 Å². The van der Waals surface area contributed by atoms with Crippen LogP contribution < -0.4 is 9.44 Å². The van der Waals surface area contributed by atoms with E-state index >= 15 is 0 Å². The molecule has 14 heavy (non-hydrogen) atoms. The predicted octanol–water partition coefficient (Wildman–Crippen LogP) is -0.858. The van der Waals surface area contributed by atoms with E-state index in [0.29, 0.717) is 10.8 Å². The minimum Gasteiger partial charge on any atom is -0.206 e. The van der Waals surface area contributed by atoms with Gasteiger partial charge in [-0.25, -0.2) is 16.8 Å². The Morgan fingerprint density at radius 1 is 0.857 bits per heavy atom. The number of hydrogen-bond acceptors (Lipinski definition) is 4. The molecule has 0 bridgehead atoms. The van der Waals surface area contributed by atoms with Crippen LogP contribution in [0.25, 0.3) is 0 Å². The van der Waals surface area contributed by atoms with E-state index in [1.54, 1.807) is 0 Å². The van der Waals surface area contributed by atoms with Gasteiger partial charge in [0, 0.05) is 23.9 Å². The normalized spacial score (nSPS) is 12.3. The number of hydrogen-bond donors (Lipinski definition) is 0. The molecule has 0 aliphatic carbocycles. The molecule has 0 N–H and O–H groups in total. The highest BCUT2D eigenvalue weighted by Crippen LogP contribution is 1.87. The maximum Gasteiger partial charge on any atom is 0.249 e. The molecule has 0 heterocycles. The molecule has 0 aliphatic heterocycles. The van der Waals surface area contributed by atoms with Gasteiger partial charge >= 0.3 is 0 Å². The molecule has 6 nitrogen and oxygen atoms in total. The monoisotopic (exact) mass is 238 g/mol. The quantitative estimate of drug-likeness (QED) is 0.539. The molecule has 8 heteroatoms. The molecule has 0 amide bonds. The summed E-state index contributed by atoms with van der Waals surface area (Å²) in [6, 6.07) is 0. The summed E-state index contributed by atoms with van der Waals surface area (Å²) in [5.74, 6) is 0. The van der Waals surface area contributed by atoms with Crippen molar-refractivity contribution in [2.24, 2.45) is 0 Å². The second-order valence-electron chi connectivity index (χ2n) is 2.07. The van der Waals surface area contributed by atoms with Gasteiger partial charge in [0.25, 0.3) is 0 Å². The van der Waals surface area contributed by atoms with Gasteiger partial charge in [-0.15, -0.1) is 9.44 Å². The largest absolute Gasteiger partial charge is 0.249 e. The summed E-state index contributed by atoms with van der Waals surface area (Å²) < 4.78 is 49.1. The van der Waals surface area contributed by atoms with Crippen molar-refractivity contribution >= 4 is 20.0 Å². The van der Waals surface area contributed by atoms with Crippen LogP contribution >= 0.6 is 0 Å². The lowest BCUT2D eigenvalue weighted by atomic mass is 10.7. The summed E-state index contributed by atoms with van der Waals surface area (Å²) >= 11 is 0. The van der Waals surface area contributed by atoms with Gasteiger partial charge in [0.05, 0.1) is 0 Å². The van der Waals surface area contributed by atoms with Crippen molar-refractivity contribution in [2.75, 3.05) is 13.1 Å². The van der Waals surface area contributed by atoms with E-state index < -0.39 is 20.0 Å². The third kappa shape index (κ3) is 5.86. The van der Waals surface area contributed by atoms with Crippen LogP contribution in [0.4, 0.5) is 0 Å². The molecule has 0 aliphatic rings. The van der Waals surface area contributed by atoms with Gasteiger partial charge in [0.15, 0.2) is 0 Å². The summed E-state index contributed by atoms with van der Waals surface area (Å²) in [7, 11) is -7.27. The first-order valence-corrected chi connectivity index (χ1v) is 6.46. The standard InChI is InChI=1S/C6H10N2O4S2/c1-3-13(9,10)7-5-6-8-14(11,12)4-2/h3-4H,1-2,5-6H2. The molecule has 0 aromatic carbocycles. The summed E-state index contributed by atoms with van der Waals surface area (Å²) in [5, 5.41) is 1.35. The van der Waals surface area contributed by atoms with E-state index in [0.717, 1.165) is 0 Å². The molecule has 0 rings (SSSR count). The zero-order valence-corrected chi connectivity index (χ0v) is 8.96. The summed E-state index contributed by atoms with van der Waals surface area (Å²) in [6.07, 6.45) is 0. The first-order valence-electron chi connectivity index (χ1n) is 3.45. The summed E-state index contributed by atoms with van der Waals surface area (Å²) in [4.78, 5) is 0. The topological polar surface area (TPSA) is 96.5 Å². The SMILES string of the molecule is C=CS(=O)(=O)[N]CC[N]S(=O)(=O)C=C. The second-order valence-corrected chi connectivity index (χ2v) is 5.31. The van der Waals surface area contributed by atoms with Crippen LogP contribution in [0.5, 0.6) is 0 Å². The Morgan fingerprint density at radius 3 is 1.36 bits per heavy atom. The third-order valence-corrected chi connectivity index (χ3v) is 2.99. The smallest absolute Gasteiger partial charge is 0.206 e. The van der Waals surface area contributed by atoms with Crippen molar-refractivity contribution in [1.29, 1.82) is 0 Å². The number of sulfonamides is 2. The Hall–Kier alpha value is -0.700. The van der Waals surface area contributed by atoms with Crippen LogP contribution in [0, 0.1) is 0 Å². The van der Waals surface area contributed by atoms with Crippen molar-refractivity contribution in [3.05, 3.63) is 24.0 Å². The van der Waals surface area contributed by atoms with Gasteiger partial charge in [-0.2, -0.15) is 0 Å². The molecular formula is C6H10N2O4S2. The molecule has 0 spiro atoms. The Balaban J connectivity index is 3.90. The molecule has 0 aromatic heterocycles. The Morgan fingerprint density at radius 2 is 1.14 bits per heavy atom. The fraction of sp³-hybridized carbons (Fsp3) is 0.333. The second kappa shape index (κ2) is 5.25. The molecule has 2 radical (unpaired) electrons. The van der Waals surface area contributed by atoms with Crippen LogP contribution in [0.2, 0.25) is 0 Å². The molecule has 80 valence electrons. The van der Waals surface area contributed by atoms with Gasteiger partial charge < -0.3 is 0 Å². The van der Waals surface area contributed by atoms with E-state index in [4.69, 9.17) is 0 Å². The fourth-order valence-electron chi connectivity index (χ4n) is 0.442. The summed E-state index contributed by atoms with van der Waals surface area (Å²) in [5.41, 5.74) is 0. The first kappa shape index (κ1) is 13.3. The molecule has 0 saturated carbocycles. The molecule has 0 saturated heterocycles. The molecular weight excluding hydrogens is 228 g/mol. The average molecular weight is 238 g/mol. The Bertz CT molecular complexity index is 356. The maximum absolute atomic E-state index is 10.7. The van der Waals surface area contributed by atoms with Gasteiger partial charge in [-0.3, -0.25) is 0 Å². The van der Waals surface area contributed by atoms with E-state index in [1.807, 2.05) is 0 Å². The number of nitrogens with zero attached hydrogens (tertiary/aromatic N) is 2. The van der Waals surface area contributed by atoms with Crippen molar-refractivity contribution in [3.8, 4) is 0 Å². The van der Waals surface area contributed by atoms with Crippen molar-refractivity contribution < 1.29 is 16.8 Å². The molecule has 0 aromatic rings. The maximum atomic E-state index is 10.7. The van der Waals surface area contributed by atoms with Crippen LogP contribution in [0.3, 0.4) is 0 Å². The first-order chi connectivity index (χ1) is 6.33. The average Bonchev–Trinajstić information content (AvgIpc) is 2.13. The minimum atomic E-state index is -3.64. The Labute approximate surface area is 83.8 Å². The number of rotatable bonds is 7. The van der Waals surface area contributed by atoms with Crippen molar-refractivity contribution in [2.45, 2.75) is 0 Å². The highest BCUT2D eigenvalue weighted by atomic mass is 32.2. The highest BCUT2D eigenvalue weighted by molar-refractivity contribution is 7.92. The highest BCUT2D eigenvalue weighted by Gasteiger charge is 2.08. The van der Waals surface area contributed by atoms with Crippen molar-refractivity contribution in [3.63, 3.8) is 0 Å². The lowest BCUT2D eigenvalue weighted by molar-refractivity contribution is 0.577. The third-order valence-electron chi connectivity index (χ3n) is 1.06. The molecule has 0 atom stereocenters. The lowest BCUT2D eigenvalue weighted by Gasteiger charge is -1.99. The fourth-order valence-corrected chi connectivity index (χ4v) is 1.32. The summed E-state index contributed by atoms with van der Waals surface area (Å²) in [6.45, 7) is 5.62. The minimum absolute atomic E-state index is 0.221. The zero-order valence-electron chi connectivity index (χ0n) is 7.33. The van der Waals surface area contributed by atoms with Crippen LogP contribution in [-0.4, -0.2) is 29.9 Å². The van der Waals surface area contributed by atoms with Gasteiger partial charge in [0.2, 0.25) is 20.0 Å². The van der Waals surface area contributed by atoms with E-state index in [-0.39, 0.29) is 13.1 Å². The Kier molecular flexibility index (Phi) is 4.99. The van der Waals surface area contributed by atoms with Crippen LogP contribution in [-0.2, 0) is 20.0 Å². The lowest BCUT2D eigenvalue weighted by Crippen LogP contribution is -2.24. The van der Waals surface area contributed by atoms with E-state index in [9.17, 15) is 16.8 Å². The molecule has 0 fully saturated rings. The van der Waals surface area contributed by atoms with Crippen LogP contribution in [0.15, 0.2) is 24.0 Å².